The van der Waals surface area contributed by atoms with Crippen LogP contribution in [-0.2, 0) is 6.61 Å². The van der Waals surface area contributed by atoms with Crippen LogP contribution in [0.4, 0.5) is 0 Å². The van der Waals surface area contributed by atoms with Gasteiger partial charge in [-0.05, 0) is 23.8 Å². The standard InChI is InChI=1S/C23H16O5/c1-27-18-9-5-8-16-19(18)21(25)17-11-10-15(12-24)23(20(17)22(16)26)28-13-14-6-3-2-4-7-14/h2-12H,13H2,1H3. The van der Waals surface area contributed by atoms with Gasteiger partial charge in [0.25, 0.3) is 0 Å². The van der Waals surface area contributed by atoms with Crippen LogP contribution in [0.3, 0.4) is 0 Å². The van der Waals surface area contributed by atoms with Crippen molar-refractivity contribution in [2.75, 3.05) is 7.11 Å². The summed E-state index contributed by atoms with van der Waals surface area (Å²) in [6, 6.07) is 17.2. The maximum Gasteiger partial charge on any atom is 0.198 e. The van der Waals surface area contributed by atoms with Crippen molar-refractivity contribution in [2.45, 2.75) is 6.61 Å². The summed E-state index contributed by atoms with van der Waals surface area (Å²) in [5.41, 5.74) is 1.90. The first-order valence-corrected chi connectivity index (χ1v) is 8.71. The second-order valence-corrected chi connectivity index (χ2v) is 6.34. The summed E-state index contributed by atoms with van der Waals surface area (Å²) < 4.78 is 11.1. The molecule has 0 atom stereocenters. The molecular weight excluding hydrogens is 356 g/mol. The normalized spacial score (nSPS) is 12.2. The molecule has 0 N–H and O–H groups in total. The predicted octanol–water partition coefficient (Wildman–Crippen LogP) is 3.86. The van der Waals surface area contributed by atoms with Crippen molar-refractivity contribution in [2.24, 2.45) is 0 Å². The van der Waals surface area contributed by atoms with E-state index in [-0.39, 0.29) is 51.7 Å². The quantitative estimate of drug-likeness (QED) is 0.498. The molecule has 0 radical (unpaired) electrons. The highest BCUT2D eigenvalue weighted by molar-refractivity contribution is 6.30. The lowest BCUT2D eigenvalue weighted by atomic mass is 9.82. The van der Waals surface area contributed by atoms with Crippen LogP contribution in [0.15, 0.2) is 60.7 Å². The van der Waals surface area contributed by atoms with Gasteiger partial charge in [0, 0.05) is 11.1 Å². The summed E-state index contributed by atoms with van der Waals surface area (Å²) in [4.78, 5) is 37.9. The van der Waals surface area contributed by atoms with Crippen molar-refractivity contribution in [1.82, 2.24) is 0 Å². The Morgan fingerprint density at radius 1 is 0.821 bits per heavy atom. The first-order chi connectivity index (χ1) is 13.7. The molecule has 0 fully saturated rings. The number of hydrogen-bond acceptors (Lipinski definition) is 5. The van der Waals surface area contributed by atoms with Crippen molar-refractivity contribution in [1.29, 1.82) is 0 Å². The molecule has 0 amide bonds. The van der Waals surface area contributed by atoms with Gasteiger partial charge < -0.3 is 9.47 Å². The molecule has 5 heteroatoms. The number of methoxy groups -OCH3 is 1. The topological polar surface area (TPSA) is 69.7 Å². The highest BCUT2D eigenvalue weighted by Crippen LogP contribution is 2.38. The number of fused-ring (bicyclic) bond motifs is 2. The fourth-order valence-electron chi connectivity index (χ4n) is 3.39. The zero-order valence-corrected chi connectivity index (χ0v) is 15.1. The summed E-state index contributed by atoms with van der Waals surface area (Å²) in [6.07, 6.45) is 0.624. The average Bonchev–Trinajstić information content (AvgIpc) is 2.75. The molecule has 0 aromatic heterocycles. The van der Waals surface area contributed by atoms with E-state index in [1.54, 1.807) is 18.2 Å². The Bertz CT molecular complexity index is 1100. The first-order valence-electron chi connectivity index (χ1n) is 8.71. The zero-order valence-electron chi connectivity index (χ0n) is 15.1. The van der Waals surface area contributed by atoms with Crippen molar-refractivity contribution in [3.8, 4) is 11.5 Å². The highest BCUT2D eigenvalue weighted by atomic mass is 16.5. The van der Waals surface area contributed by atoms with Gasteiger partial charge in [0.2, 0.25) is 0 Å². The molecule has 3 aromatic carbocycles. The van der Waals surface area contributed by atoms with Gasteiger partial charge in [-0.2, -0.15) is 0 Å². The Hall–Kier alpha value is -3.73. The maximum absolute atomic E-state index is 13.2. The third kappa shape index (κ3) is 2.77. The van der Waals surface area contributed by atoms with Gasteiger partial charge in [0.1, 0.15) is 18.1 Å². The predicted molar refractivity (Wildman–Crippen MR) is 102 cm³/mol. The van der Waals surface area contributed by atoms with Crippen molar-refractivity contribution < 1.29 is 23.9 Å². The molecule has 0 unspecified atom stereocenters. The summed E-state index contributed by atoms with van der Waals surface area (Å²) >= 11 is 0. The van der Waals surface area contributed by atoms with Crippen LogP contribution in [0.5, 0.6) is 11.5 Å². The summed E-state index contributed by atoms with van der Waals surface area (Å²) in [5.74, 6) is -0.227. The van der Waals surface area contributed by atoms with E-state index in [1.807, 2.05) is 30.3 Å². The zero-order chi connectivity index (χ0) is 19.7. The minimum atomic E-state index is -0.365. The van der Waals surface area contributed by atoms with E-state index in [4.69, 9.17) is 9.47 Å². The Morgan fingerprint density at radius 2 is 1.54 bits per heavy atom. The molecule has 0 aliphatic heterocycles. The fraction of sp³-hybridized carbons (Fsp3) is 0.0870. The van der Waals surface area contributed by atoms with E-state index in [0.29, 0.717) is 12.0 Å². The molecule has 5 nitrogen and oxygen atoms in total. The minimum absolute atomic E-state index is 0.117. The van der Waals surface area contributed by atoms with Crippen molar-refractivity contribution >= 4 is 17.9 Å². The first kappa shape index (κ1) is 17.7. The Morgan fingerprint density at radius 3 is 2.25 bits per heavy atom. The number of carbonyl (C=O) groups is 3. The molecule has 138 valence electrons. The van der Waals surface area contributed by atoms with Gasteiger partial charge in [-0.3, -0.25) is 14.4 Å². The maximum atomic E-state index is 13.2. The summed E-state index contributed by atoms with van der Waals surface area (Å²) in [6.45, 7) is 0.171. The minimum Gasteiger partial charge on any atom is -0.496 e. The third-order valence-electron chi connectivity index (χ3n) is 4.73. The lowest BCUT2D eigenvalue weighted by Crippen LogP contribution is -2.23. The monoisotopic (exact) mass is 372 g/mol. The molecule has 0 spiro atoms. The van der Waals surface area contributed by atoms with Crippen molar-refractivity contribution in [3.63, 3.8) is 0 Å². The van der Waals surface area contributed by atoms with E-state index in [0.717, 1.165) is 5.56 Å². The molecular formula is C23H16O5. The van der Waals surface area contributed by atoms with Gasteiger partial charge in [0.15, 0.2) is 17.9 Å². The van der Waals surface area contributed by atoms with Crippen LogP contribution in [0, 0.1) is 0 Å². The summed E-state index contributed by atoms with van der Waals surface area (Å²) in [5, 5.41) is 0. The second kappa shape index (κ2) is 7.12. The molecule has 28 heavy (non-hydrogen) atoms. The fourth-order valence-corrected chi connectivity index (χ4v) is 3.39. The lowest BCUT2D eigenvalue weighted by Gasteiger charge is -2.22. The van der Waals surface area contributed by atoms with E-state index in [1.165, 1.54) is 19.2 Å². The number of ketones is 2. The number of rotatable bonds is 5. The molecule has 1 aliphatic rings. The van der Waals surface area contributed by atoms with Gasteiger partial charge >= 0.3 is 0 Å². The van der Waals surface area contributed by atoms with Crippen LogP contribution in [0.1, 0.15) is 47.8 Å². The molecule has 0 heterocycles. The number of aldehydes is 1. The Labute approximate surface area is 161 Å². The van der Waals surface area contributed by atoms with Crippen LogP contribution < -0.4 is 9.47 Å². The van der Waals surface area contributed by atoms with E-state index in [2.05, 4.69) is 0 Å². The average molecular weight is 372 g/mol. The van der Waals surface area contributed by atoms with Crippen LogP contribution >= 0.6 is 0 Å². The largest absolute Gasteiger partial charge is 0.496 e. The van der Waals surface area contributed by atoms with Crippen LogP contribution in [-0.4, -0.2) is 25.0 Å². The Balaban J connectivity index is 1.85. The number of benzene rings is 3. The SMILES string of the molecule is COc1cccc2c1C(=O)c1ccc(C=O)c(OCc3ccccc3)c1C2=O. The van der Waals surface area contributed by atoms with Gasteiger partial charge in [-0.25, -0.2) is 0 Å². The molecule has 0 bridgehead atoms. The number of hydrogen-bond donors (Lipinski definition) is 0. The summed E-state index contributed by atoms with van der Waals surface area (Å²) in [7, 11) is 1.45. The van der Waals surface area contributed by atoms with Gasteiger partial charge in [-0.15, -0.1) is 0 Å². The van der Waals surface area contributed by atoms with Gasteiger partial charge in [-0.1, -0.05) is 42.5 Å². The number of carbonyl (C=O) groups excluding carboxylic acids is 3. The van der Waals surface area contributed by atoms with Gasteiger partial charge in [0.05, 0.1) is 23.8 Å². The van der Waals surface area contributed by atoms with E-state index in [9.17, 15) is 14.4 Å². The molecule has 0 saturated heterocycles. The second-order valence-electron chi connectivity index (χ2n) is 6.34. The van der Waals surface area contributed by atoms with Crippen LogP contribution in [0.25, 0.3) is 0 Å². The van der Waals surface area contributed by atoms with E-state index >= 15 is 0 Å². The van der Waals surface area contributed by atoms with Crippen LogP contribution in [0.2, 0.25) is 0 Å². The molecule has 0 saturated carbocycles. The highest BCUT2D eigenvalue weighted by Gasteiger charge is 2.35. The third-order valence-corrected chi connectivity index (χ3v) is 4.73. The Kier molecular flexibility index (Phi) is 4.49. The lowest BCUT2D eigenvalue weighted by molar-refractivity contribution is 0.0972. The molecule has 1 aliphatic carbocycles. The smallest absolute Gasteiger partial charge is 0.198 e. The molecule has 3 aromatic rings. The molecule has 4 rings (SSSR count). The number of ether oxygens (including phenoxy) is 2. The van der Waals surface area contributed by atoms with E-state index < -0.39 is 0 Å². The van der Waals surface area contributed by atoms with Crippen molar-refractivity contribution in [3.05, 3.63) is 94.0 Å².